The quantitative estimate of drug-likeness (QED) is 0.838. The molecule has 1 fully saturated rings. The first-order valence-corrected chi connectivity index (χ1v) is 8.62. The van der Waals surface area contributed by atoms with Crippen molar-refractivity contribution >= 4 is 6.03 Å². The molecule has 0 aliphatic carbocycles. The van der Waals surface area contributed by atoms with E-state index in [9.17, 15) is 14.3 Å². The normalized spacial score (nSPS) is 20.3. The molecule has 0 radical (unpaired) electrons. The van der Waals surface area contributed by atoms with Gasteiger partial charge in [-0.2, -0.15) is 0 Å². The summed E-state index contributed by atoms with van der Waals surface area (Å²) in [7, 11) is 0. The molecule has 0 aromatic heterocycles. The summed E-state index contributed by atoms with van der Waals surface area (Å²) < 4.78 is 18.9. The molecule has 0 bridgehead atoms. The SMILES string of the molecule is CCC(CNC(=O)N1CCCC(C(C)O)C1)Oc1cccc(F)c1. The number of aliphatic hydroxyl groups excluding tert-OH is 1. The van der Waals surface area contributed by atoms with Crippen molar-refractivity contribution in [3.05, 3.63) is 30.1 Å². The fourth-order valence-electron chi connectivity index (χ4n) is 2.90. The van der Waals surface area contributed by atoms with Gasteiger partial charge in [0.1, 0.15) is 17.7 Å². The average Bonchev–Trinajstić information content (AvgIpc) is 2.58. The second kappa shape index (κ2) is 8.87. The van der Waals surface area contributed by atoms with Gasteiger partial charge in [0.2, 0.25) is 0 Å². The topological polar surface area (TPSA) is 61.8 Å². The molecule has 1 heterocycles. The minimum absolute atomic E-state index is 0.134. The van der Waals surface area contributed by atoms with Crippen LogP contribution < -0.4 is 10.1 Å². The molecule has 1 aromatic rings. The van der Waals surface area contributed by atoms with Crippen LogP contribution >= 0.6 is 0 Å². The van der Waals surface area contributed by atoms with E-state index in [1.54, 1.807) is 24.0 Å². The van der Waals surface area contributed by atoms with E-state index in [1.165, 1.54) is 12.1 Å². The number of aliphatic hydroxyl groups is 1. The van der Waals surface area contributed by atoms with Crippen LogP contribution in [0.1, 0.15) is 33.1 Å². The zero-order chi connectivity index (χ0) is 17.5. The lowest BCUT2D eigenvalue weighted by Gasteiger charge is -2.34. The third-order valence-electron chi connectivity index (χ3n) is 4.46. The number of amides is 2. The Bertz CT molecular complexity index is 539. The maximum absolute atomic E-state index is 13.2. The molecule has 1 aromatic carbocycles. The minimum Gasteiger partial charge on any atom is -0.489 e. The lowest BCUT2D eigenvalue weighted by Crippen LogP contribution is -2.49. The van der Waals surface area contributed by atoms with Crippen molar-refractivity contribution in [1.82, 2.24) is 10.2 Å². The monoisotopic (exact) mass is 338 g/mol. The third kappa shape index (κ3) is 5.37. The second-order valence-electron chi connectivity index (χ2n) is 6.38. The first-order chi connectivity index (χ1) is 11.5. The number of ether oxygens (including phenoxy) is 1. The summed E-state index contributed by atoms with van der Waals surface area (Å²) in [5.41, 5.74) is 0. The highest BCUT2D eigenvalue weighted by atomic mass is 19.1. The molecule has 0 spiro atoms. The number of piperidine rings is 1. The van der Waals surface area contributed by atoms with E-state index in [1.807, 2.05) is 6.92 Å². The highest BCUT2D eigenvalue weighted by molar-refractivity contribution is 5.74. The molecule has 1 saturated heterocycles. The molecule has 1 aliphatic rings. The molecule has 0 saturated carbocycles. The number of rotatable bonds is 6. The van der Waals surface area contributed by atoms with Gasteiger partial charge in [-0.15, -0.1) is 0 Å². The Hall–Kier alpha value is -1.82. The Morgan fingerprint density at radius 1 is 1.54 bits per heavy atom. The van der Waals surface area contributed by atoms with Crippen molar-refractivity contribution in [1.29, 1.82) is 0 Å². The fraction of sp³-hybridized carbons (Fsp3) is 0.611. The van der Waals surface area contributed by atoms with Crippen molar-refractivity contribution in [2.24, 2.45) is 5.92 Å². The van der Waals surface area contributed by atoms with Crippen LogP contribution in [0.25, 0.3) is 0 Å². The molecule has 2 rings (SSSR count). The Kier molecular flexibility index (Phi) is 6.85. The van der Waals surface area contributed by atoms with E-state index in [-0.39, 0.29) is 23.9 Å². The number of carbonyl (C=O) groups excluding carboxylic acids is 1. The number of nitrogens with zero attached hydrogens (tertiary/aromatic N) is 1. The van der Waals surface area contributed by atoms with Gasteiger partial charge in [0.15, 0.2) is 0 Å². The van der Waals surface area contributed by atoms with E-state index < -0.39 is 6.10 Å². The van der Waals surface area contributed by atoms with Crippen LogP contribution in [0.5, 0.6) is 5.75 Å². The van der Waals surface area contributed by atoms with Gasteiger partial charge in [-0.3, -0.25) is 0 Å². The fourth-order valence-corrected chi connectivity index (χ4v) is 2.90. The minimum atomic E-state index is -0.402. The molecule has 6 heteroatoms. The molecular formula is C18H27FN2O3. The van der Waals surface area contributed by atoms with E-state index in [0.717, 1.165) is 12.8 Å². The van der Waals surface area contributed by atoms with Crippen LogP contribution in [0.4, 0.5) is 9.18 Å². The van der Waals surface area contributed by atoms with E-state index in [4.69, 9.17) is 4.74 Å². The van der Waals surface area contributed by atoms with Crippen LogP contribution in [0.15, 0.2) is 24.3 Å². The predicted molar refractivity (Wildman–Crippen MR) is 90.5 cm³/mol. The van der Waals surface area contributed by atoms with Crippen molar-refractivity contribution in [3.63, 3.8) is 0 Å². The molecule has 1 aliphatic heterocycles. The van der Waals surface area contributed by atoms with Gasteiger partial charge < -0.3 is 20.1 Å². The Morgan fingerprint density at radius 2 is 2.33 bits per heavy atom. The van der Waals surface area contributed by atoms with Crippen molar-refractivity contribution < 1.29 is 19.0 Å². The smallest absolute Gasteiger partial charge is 0.317 e. The number of halogens is 1. The van der Waals surface area contributed by atoms with Crippen molar-refractivity contribution in [2.75, 3.05) is 19.6 Å². The highest BCUT2D eigenvalue weighted by Gasteiger charge is 2.26. The lowest BCUT2D eigenvalue weighted by atomic mass is 9.94. The molecule has 3 atom stereocenters. The van der Waals surface area contributed by atoms with Gasteiger partial charge in [-0.25, -0.2) is 9.18 Å². The van der Waals surface area contributed by atoms with Gasteiger partial charge >= 0.3 is 6.03 Å². The summed E-state index contributed by atoms with van der Waals surface area (Å²) in [6.45, 7) is 5.37. The van der Waals surface area contributed by atoms with E-state index in [2.05, 4.69) is 5.32 Å². The molecule has 2 N–H and O–H groups in total. The van der Waals surface area contributed by atoms with Crippen LogP contribution in [-0.4, -0.2) is 47.9 Å². The molecule has 3 unspecified atom stereocenters. The Balaban J connectivity index is 1.82. The maximum atomic E-state index is 13.2. The van der Waals surface area contributed by atoms with Crippen LogP contribution in [0.2, 0.25) is 0 Å². The Morgan fingerprint density at radius 3 is 3.00 bits per heavy atom. The molecule has 2 amide bonds. The van der Waals surface area contributed by atoms with E-state index in [0.29, 0.717) is 31.8 Å². The van der Waals surface area contributed by atoms with E-state index >= 15 is 0 Å². The number of benzene rings is 1. The van der Waals surface area contributed by atoms with Crippen LogP contribution in [-0.2, 0) is 0 Å². The number of nitrogens with one attached hydrogen (secondary N) is 1. The molecular weight excluding hydrogens is 311 g/mol. The van der Waals surface area contributed by atoms with Gasteiger partial charge in [-0.1, -0.05) is 13.0 Å². The molecule has 134 valence electrons. The summed E-state index contributed by atoms with van der Waals surface area (Å²) in [5.74, 6) is 0.252. The maximum Gasteiger partial charge on any atom is 0.317 e. The Labute approximate surface area is 142 Å². The summed E-state index contributed by atoms with van der Waals surface area (Å²) in [6.07, 6.45) is 1.93. The number of carbonyl (C=O) groups is 1. The average molecular weight is 338 g/mol. The first-order valence-electron chi connectivity index (χ1n) is 8.62. The van der Waals surface area contributed by atoms with Crippen molar-refractivity contribution in [3.8, 4) is 5.75 Å². The van der Waals surface area contributed by atoms with Crippen LogP contribution in [0.3, 0.4) is 0 Å². The highest BCUT2D eigenvalue weighted by Crippen LogP contribution is 2.20. The van der Waals surface area contributed by atoms with Gasteiger partial charge in [0.05, 0.1) is 12.6 Å². The lowest BCUT2D eigenvalue weighted by molar-refractivity contribution is 0.0730. The standard InChI is InChI=1S/C18H27FN2O3/c1-3-16(24-17-8-4-7-15(19)10-17)11-20-18(23)21-9-5-6-14(12-21)13(2)22/h4,7-8,10,13-14,16,22H,3,5-6,9,11-12H2,1-2H3,(H,20,23). The zero-order valence-electron chi connectivity index (χ0n) is 14.4. The predicted octanol–water partition coefficient (Wildman–Crippen LogP) is 2.79. The van der Waals surface area contributed by atoms with Gasteiger partial charge in [-0.05, 0) is 38.3 Å². The number of hydrogen-bond donors (Lipinski definition) is 2. The third-order valence-corrected chi connectivity index (χ3v) is 4.46. The molecule has 5 nitrogen and oxygen atoms in total. The van der Waals surface area contributed by atoms with Gasteiger partial charge in [0.25, 0.3) is 0 Å². The number of likely N-dealkylation sites (tertiary alicyclic amines) is 1. The number of urea groups is 1. The summed E-state index contributed by atoms with van der Waals surface area (Å²) in [5, 5.41) is 12.6. The molecule has 24 heavy (non-hydrogen) atoms. The van der Waals surface area contributed by atoms with Crippen LogP contribution in [0, 0.1) is 11.7 Å². The second-order valence-corrected chi connectivity index (χ2v) is 6.38. The zero-order valence-corrected chi connectivity index (χ0v) is 14.4. The summed E-state index contributed by atoms with van der Waals surface area (Å²) in [4.78, 5) is 14.1. The first kappa shape index (κ1) is 18.5. The number of hydrogen-bond acceptors (Lipinski definition) is 3. The van der Waals surface area contributed by atoms with Gasteiger partial charge in [0, 0.05) is 25.1 Å². The summed E-state index contributed by atoms with van der Waals surface area (Å²) >= 11 is 0. The van der Waals surface area contributed by atoms with Crippen molar-refractivity contribution in [2.45, 2.75) is 45.3 Å². The largest absolute Gasteiger partial charge is 0.489 e. The summed E-state index contributed by atoms with van der Waals surface area (Å²) in [6, 6.07) is 5.86.